The number of nitrogens with one attached hydrogen (secondary N) is 1. The van der Waals surface area contributed by atoms with Crippen molar-refractivity contribution in [1.82, 2.24) is 20.3 Å². The van der Waals surface area contributed by atoms with E-state index in [0.29, 0.717) is 12.6 Å². The van der Waals surface area contributed by atoms with E-state index in [-0.39, 0.29) is 5.82 Å². The molecule has 0 aliphatic carbocycles. The zero-order valence-corrected chi connectivity index (χ0v) is 9.89. The lowest BCUT2D eigenvalue weighted by Gasteiger charge is -2.09. The largest absolute Gasteiger partial charge is 0.309 e. The van der Waals surface area contributed by atoms with Crippen LogP contribution in [-0.4, -0.2) is 21.0 Å². The first-order chi connectivity index (χ1) is 8.16. The molecule has 1 N–H and O–H groups in total. The number of aromatic nitrogens is 3. The summed E-state index contributed by atoms with van der Waals surface area (Å²) in [5.74, 6) is -0.254. The zero-order chi connectivity index (χ0) is 12.3. The number of nitrogens with zero attached hydrogens (tertiary/aromatic N) is 3. The average Bonchev–Trinajstić information content (AvgIpc) is 2.75. The predicted molar refractivity (Wildman–Crippen MR) is 63.3 cm³/mol. The SMILES string of the molecule is CC(C)NCc1cnnn1-c1ccc(F)cc1. The minimum absolute atomic E-state index is 0.254. The van der Waals surface area contributed by atoms with Gasteiger partial charge in [-0.2, -0.15) is 0 Å². The molecule has 90 valence electrons. The van der Waals surface area contributed by atoms with Crippen molar-refractivity contribution in [2.24, 2.45) is 0 Å². The summed E-state index contributed by atoms with van der Waals surface area (Å²) in [6, 6.07) is 6.59. The van der Waals surface area contributed by atoms with E-state index < -0.39 is 0 Å². The fraction of sp³-hybridized carbons (Fsp3) is 0.333. The van der Waals surface area contributed by atoms with Crippen molar-refractivity contribution in [3.8, 4) is 5.69 Å². The summed E-state index contributed by atoms with van der Waals surface area (Å²) in [6.45, 7) is 4.83. The van der Waals surface area contributed by atoms with Crippen molar-refractivity contribution >= 4 is 0 Å². The van der Waals surface area contributed by atoms with Crippen molar-refractivity contribution in [3.63, 3.8) is 0 Å². The van der Waals surface area contributed by atoms with E-state index in [2.05, 4.69) is 29.5 Å². The van der Waals surface area contributed by atoms with E-state index in [1.54, 1.807) is 23.0 Å². The van der Waals surface area contributed by atoms with Gasteiger partial charge in [-0.3, -0.25) is 0 Å². The predicted octanol–water partition coefficient (Wildman–Crippen LogP) is 1.90. The van der Waals surface area contributed by atoms with Gasteiger partial charge in [0.1, 0.15) is 5.82 Å². The molecule has 0 aliphatic rings. The number of hydrogen-bond acceptors (Lipinski definition) is 3. The van der Waals surface area contributed by atoms with Gasteiger partial charge >= 0.3 is 0 Å². The molecule has 0 aliphatic heterocycles. The molecule has 0 bridgehead atoms. The topological polar surface area (TPSA) is 42.7 Å². The van der Waals surface area contributed by atoms with Crippen LogP contribution in [0.4, 0.5) is 4.39 Å². The number of hydrogen-bond donors (Lipinski definition) is 1. The highest BCUT2D eigenvalue weighted by molar-refractivity contribution is 5.32. The summed E-state index contributed by atoms with van der Waals surface area (Å²) in [6.07, 6.45) is 1.71. The lowest BCUT2D eigenvalue weighted by molar-refractivity contribution is 0.570. The van der Waals surface area contributed by atoms with Gasteiger partial charge in [0.2, 0.25) is 0 Å². The molecule has 0 fully saturated rings. The Morgan fingerprint density at radius 3 is 2.65 bits per heavy atom. The van der Waals surface area contributed by atoms with Crippen LogP contribution in [0.1, 0.15) is 19.5 Å². The van der Waals surface area contributed by atoms with Crippen LogP contribution in [0, 0.1) is 5.82 Å². The summed E-state index contributed by atoms with van der Waals surface area (Å²) >= 11 is 0. The molecular formula is C12H15FN4. The van der Waals surface area contributed by atoms with E-state index in [1.165, 1.54) is 12.1 Å². The summed E-state index contributed by atoms with van der Waals surface area (Å²) < 4.78 is 14.5. The Hall–Kier alpha value is -1.75. The van der Waals surface area contributed by atoms with Gasteiger partial charge in [-0.1, -0.05) is 19.1 Å². The van der Waals surface area contributed by atoms with Crippen LogP contribution in [-0.2, 0) is 6.54 Å². The van der Waals surface area contributed by atoms with Crippen LogP contribution >= 0.6 is 0 Å². The lowest BCUT2D eigenvalue weighted by atomic mass is 10.3. The van der Waals surface area contributed by atoms with Crippen LogP contribution in [0.5, 0.6) is 0 Å². The third kappa shape index (κ3) is 2.88. The standard InChI is InChI=1S/C12H15FN4/c1-9(2)14-7-12-8-15-16-17(12)11-5-3-10(13)4-6-11/h3-6,8-9,14H,7H2,1-2H3. The first kappa shape index (κ1) is 11.7. The molecule has 17 heavy (non-hydrogen) atoms. The Morgan fingerprint density at radius 2 is 2.00 bits per heavy atom. The molecule has 0 unspecified atom stereocenters. The highest BCUT2D eigenvalue weighted by Gasteiger charge is 2.06. The molecule has 0 saturated heterocycles. The Labute approximate surface area is 99.5 Å². The van der Waals surface area contributed by atoms with Gasteiger partial charge in [-0.15, -0.1) is 5.10 Å². The maximum Gasteiger partial charge on any atom is 0.123 e. The summed E-state index contributed by atoms with van der Waals surface area (Å²) in [4.78, 5) is 0. The van der Waals surface area contributed by atoms with Gasteiger partial charge in [-0.25, -0.2) is 9.07 Å². The molecule has 0 radical (unpaired) electrons. The number of halogens is 1. The average molecular weight is 234 g/mol. The summed E-state index contributed by atoms with van der Waals surface area (Å²) in [7, 11) is 0. The number of rotatable bonds is 4. The van der Waals surface area contributed by atoms with E-state index in [1.807, 2.05) is 0 Å². The van der Waals surface area contributed by atoms with Crippen molar-refractivity contribution in [2.45, 2.75) is 26.4 Å². The highest BCUT2D eigenvalue weighted by Crippen LogP contribution is 2.10. The molecule has 0 amide bonds. The smallest absolute Gasteiger partial charge is 0.123 e. The van der Waals surface area contributed by atoms with Crippen LogP contribution in [0.15, 0.2) is 30.5 Å². The minimum Gasteiger partial charge on any atom is -0.309 e. The normalized spacial score (nSPS) is 11.1. The molecule has 2 aromatic rings. The first-order valence-corrected chi connectivity index (χ1v) is 5.55. The first-order valence-electron chi connectivity index (χ1n) is 5.55. The fourth-order valence-corrected chi connectivity index (χ4v) is 1.49. The summed E-state index contributed by atoms with van der Waals surface area (Å²) in [5, 5.41) is 11.2. The Bertz CT molecular complexity index is 476. The van der Waals surface area contributed by atoms with Crippen LogP contribution < -0.4 is 5.32 Å². The fourth-order valence-electron chi connectivity index (χ4n) is 1.49. The third-order valence-electron chi connectivity index (χ3n) is 2.38. The van der Waals surface area contributed by atoms with E-state index >= 15 is 0 Å². The second-order valence-corrected chi connectivity index (χ2v) is 4.15. The van der Waals surface area contributed by atoms with Crippen LogP contribution in [0.3, 0.4) is 0 Å². The monoisotopic (exact) mass is 234 g/mol. The molecule has 0 atom stereocenters. The van der Waals surface area contributed by atoms with Crippen molar-refractivity contribution < 1.29 is 4.39 Å². The Kier molecular flexibility index (Phi) is 3.49. The molecule has 2 rings (SSSR count). The van der Waals surface area contributed by atoms with Crippen molar-refractivity contribution in [1.29, 1.82) is 0 Å². The third-order valence-corrected chi connectivity index (χ3v) is 2.38. The van der Waals surface area contributed by atoms with E-state index in [4.69, 9.17) is 0 Å². The van der Waals surface area contributed by atoms with Gasteiger partial charge < -0.3 is 5.32 Å². The Morgan fingerprint density at radius 1 is 1.29 bits per heavy atom. The molecule has 1 heterocycles. The highest BCUT2D eigenvalue weighted by atomic mass is 19.1. The van der Waals surface area contributed by atoms with Crippen LogP contribution in [0.25, 0.3) is 5.69 Å². The van der Waals surface area contributed by atoms with Gasteiger partial charge in [-0.05, 0) is 24.3 Å². The molecule has 4 nitrogen and oxygen atoms in total. The Balaban J connectivity index is 2.21. The molecule has 1 aromatic heterocycles. The second kappa shape index (κ2) is 5.05. The van der Waals surface area contributed by atoms with Crippen molar-refractivity contribution in [3.05, 3.63) is 42.0 Å². The molecule has 0 saturated carbocycles. The van der Waals surface area contributed by atoms with Crippen LogP contribution in [0.2, 0.25) is 0 Å². The van der Waals surface area contributed by atoms with E-state index in [0.717, 1.165) is 11.4 Å². The maximum absolute atomic E-state index is 12.8. The minimum atomic E-state index is -0.254. The van der Waals surface area contributed by atoms with Gasteiger partial charge in [0.05, 0.1) is 17.6 Å². The van der Waals surface area contributed by atoms with Gasteiger partial charge in [0.25, 0.3) is 0 Å². The van der Waals surface area contributed by atoms with E-state index in [9.17, 15) is 4.39 Å². The summed E-state index contributed by atoms with van der Waals surface area (Å²) in [5.41, 5.74) is 1.76. The molecule has 0 spiro atoms. The van der Waals surface area contributed by atoms with Crippen molar-refractivity contribution in [2.75, 3.05) is 0 Å². The lowest BCUT2D eigenvalue weighted by Crippen LogP contribution is -2.23. The zero-order valence-electron chi connectivity index (χ0n) is 9.89. The maximum atomic E-state index is 12.8. The quantitative estimate of drug-likeness (QED) is 0.878. The molecule has 5 heteroatoms. The van der Waals surface area contributed by atoms with Gasteiger partial charge in [0, 0.05) is 12.6 Å². The second-order valence-electron chi connectivity index (χ2n) is 4.15. The number of benzene rings is 1. The molecule has 1 aromatic carbocycles. The molecular weight excluding hydrogens is 219 g/mol. The van der Waals surface area contributed by atoms with Gasteiger partial charge in [0.15, 0.2) is 0 Å².